The van der Waals surface area contributed by atoms with Crippen LogP contribution in [0.15, 0.2) is 50.6 Å². The molecule has 0 aliphatic heterocycles. The minimum absolute atomic E-state index is 0.295. The molecule has 34 heavy (non-hydrogen) atoms. The predicted molar refractivity (Wildman–Crippen MR) is 128 cm³/mol. The molecule has 10 nitrogen and oxygen atoms in total. The third kappa shape index (κ3) is 3.75. The highest BCUT2D eigenvalue weighted by atomic mass is 35.5. The van der Waals surface area contributed by atoms with Crippen LogP contribution in [0.4, 0.5) is 0 Å². The van der Waals surface area contributed by atoms with Gasteiger partial charge in [0.15, 0.2) is 11.4 Å². The van der Waals surface area contributed by atoms with Crippen LogP contribution in [-0.2, 0) is 19.5 Å². The van der Waals surface area contributed by atoms with E-state index in [0.717, 1.165) is 11.3 Å². The van der Waals surface area contributed by atoms with Gasteiger partial charge in [0.2, 0.25) is 0 Å². The number of aromatic amines is 2. The Balaban J connectivity index is 1.52. The molecule has 2 N–H and O–H groups in total. The van der Waals surface area contributed by atoms with Gasteiger partial charge in [0, 0.05) is 36.2 Å². The number of H-pyrrole nitrogens is 2. The summed E-state index contributed by atoms with van der Waals surface area (Å²) in [7, 11) is 0. The third-order valence-corrected chi connectivity index (χ3v) is 5.90. The second-order valence-corrected chi connectivity index (χ2v) is 8.33. The molecule has 0 unspecified atom stereocenters. The van der Waals surface area contributed by atoms with Gasteiger partial charge in [-0.05, 0) is 37.6 Å². The van der Waals surface area contributed by atoms with Gasteiger partial charge in [-0.3, -0.25) is 19.0 Å². The first-order valence-corrected chi connectivity index (χ1v) is 11.4. The fraction of sp³-hybridized carbons (Fsp3) is 0.261. The van der Waals surface area contributed by atoms with Crippen LogP contribution in [0.5, 0.6) is 0 Å². The van der Waals surface area contributed by atoms with Gasteiger partial charge in [0.1, 0.15) is 11.3 Å². The summed E-state index contributed by atoms with van der Waals surface area (Å²) in [6.45, 7) is 4.52. The minimum atomic E-state index is -0.376. The molecule has 0 saturated carbocycles. The maximum absolute atomic E-state index is 12.9. The van der Waals surface area contributed by atoms with E-state index in [1.54, 1.807) is 18.3 Å². The van der Waals surface area contributed by atoms with E-state index in [2.05, 4.69) is 25.3 Å². The van der Waals surface area contributed by atoms with Crippen molar-refractivity contribution in [1.82, 2.24) is 34.5 Å². The SMILES string of the molecule is CCCn1c(=O)c2[nH]c(-c3cn[nH]c3Cc3cc(-c4ccc(Cl)cc4)on3)nc2n(CC)c1=O. The number of aromatic nitrogens is 7. The molecule has 0 aliphatic carbocycles. The number of benzene rings is 1. The van der Waals surface area contributed by atoms with E-state index in [9.17, 15) is 9.59 Å². The molecule has 0 saturated heterocycles. The van der Waals surface area contributed by atoms with Crippen molar-refractivity contribution in [2.45, 2.75) is 39.8 Å². The summed E-state index contributed by atoms with van der Waals surface area (Å²) in [5.74, 6) is 1.08. The molecular weight excluding hydrogens is 458 g/mol. The van der Waals surface area contributed by atoms with Crippen molar-refractivity contribution in [2.75, 3.05) is 0 Å². The van der Waals surface area contributed by atoms with E-state index in [-0.39, 0.29) is 11.2 Å². The number of hydrogen-bond donors (Lipinski definition) is 2. The average Bonchev–Trinajstić information content (AvgIpc) is 3.58. The molecule has 4 heterocycles. The molecule has 0 aliphatic rings. The van der Waals surface area contributed by atoms with Gasteiger partial charge in [0.05, 0.1) is 23.1 Å². The number of nitrogens with zero attached hydrogens (tertiary/aromatic N) is 5. The molecule has 5 rings (SSSR count). The zero-order valence-corrected chi connectivity index (χ0v) is 19.4. The predicted octanol–water partition coefficient (Wildman–Crippen LogP) is 3.61. The van der Waals surface area contributed by atoms with Crippen molar-refractivity contribution in [1.29, 1.82) is 0 Å². The Morgan fingerprint density at radius 3 is 2.65 bits per heavy atom. The van der Waals surface area contributed by atoms with Crippen molar-refractivity contribution < 1.29 is 4.52 Å². The van der Waals surface area contributed by atoms with E-state index >= 15 is 0 Å². The molecule has 0 fully saturated rings. The maximum atomic E-state index is 12.9. The van der Waals surface area contributed by atoms with Crippen LogP contribution in [0.3, 0.4) is 0 Å². The van der Waals surface area contributed by atoms with Gasteiger partial charge >= 0.3 is 5.69 Å². The Kier molecular flexibility index (Phi) is 5.66. The summed E-state index contributed by atoms with van der Waals surface area (Å²) in [5, 5.41) is 12.0. The largest absolute Gasteiger partial charge is 0.356 e. The smallest absolute Gasteiger partial charge is 0.332 e. The van der Waals surface area contributed by atoms with E-state index in [0.29, 0.717) is 65.0 Å². The molecule has 0 bridgehead atoms. The topological polar surface area (TPSA) is 127 Å². The Labute approximate surface area is 198 Å². The van der Waals surface area contributed by atoms with Gasteiger partial charge in [-0.25, -0.2) is 9.78 Å². The number of fused-ring (bicyclic) bond motifs is 1. The fourth-order valence-corrected chi connectivity index (χ4v) is 4.10. The molecule has 4 aromatic heterocycles. The Morgan fingerprint density at radius 2 is 1.91 bits per heavy atom. The molecule has 174 valence electrons. The number of imidazole rings is 1. The highest BCUT2D eigenvalue weighted by Gasteiger charge is 2.20. The lowest BCUT2D eigenvalue weighted by atomic mass is 10.1. The van der Waals surface area contributed by atoms with E-state index in [1.807, 2.05) is 32.0 Å². The van der Waals surface area contributed by atoms with Gasteiger partial charge in [0.25, 0.3) is 5.56 Å². The second-order valence-electron chi connectivity index (χ2n) is 7.90. The van der Waals surface area contributed by atoms with E-state index in [4.69, 9.17) is 16.1 Å². The van der Waals surface area contributed by atoms with Crippen LogP contribution in [0.25, 0.3) is 33.9 Å². The molecule has 0 atom stereocenters. The van der Waals surface area contributed by atoms with Gasteiger partial charge in [-0.2, -0.15) is 5.10 Å². The van der Waals surface area contributed by atoms with Crippen molar-refractivity contribution >= 4 is 22.8 Å². The lowest BCUT2D eigenvalue weighted by molar-refractivity contribution is 0.425. The number of rotatable bonds is 7. The standard InChI is InChI=1S/C23H22ClN7O3/c1-3-9-31-22(32)19-21(30(4-2)23(31)33)27-20(26-19)16-12-25-28-17(16)10-15-11-18(34-29-15)13-5-7-14(24)8-6-13/h5-8,11-12H,3-4,9-10H2,1-2H3,(H,25,28)(H,26,27). The summed E-state index contributed by atoms with van der Waals surface area (Å²) in [4.78, 5) is 33.4. The maximum Gasteiger partial charge on any atom is 0.332 e. The van der Waals surface area contributed by atoms with Crippen LogP contribution >= 0.6 is 11.6 Å². The van der Waals surface area contributed by atoms with Crippen molar-refractivity contribution in [3.63, 3.8) is 0 Å². The quantitative estimate of drug-likeness (QED) is 0.367. The second kappa shape index (κ2) is 8.79. The van der Waals surface area contributed by atoms with Gasteiger partial charge in [-0.15, -0.1) is 0 Å². The van der Waals surface area contributed by atoms with Gasteiger partial charge in [-0.1, -0.05) is 23.7 Å². The van der Waals surface area contributed by atoms with Gasteiger partial charge < -0.3 is 9.51 Å². The van der Waals surface area contributed by atoms with Crippen LogP contribution in [-0.4, -0.2) is 34.5 Å². The summed E-state index contributed by atoms with van der Waals surface area (Å²) in [6.07, 6.45) is 2.71. The lowest BCUT2D eigenvalue weighted by Gasteiger charge is -2.07. The molecule has 0 radical (unpaired) electrons. The van der Waals surface area contributed by atoms with E-state index < -0.39 is 0 Å². The van der Waals surface area contributed by atoms with E-state index in [1.165, 1.54) is 9.13 Å². The fourth-order valence-electron chi connectivity index (χ4n) is 3.98. The van der Waals surface area contributed by atoms with Crippen LogP contribution in [0.1, 0.15) is 31.7 Å². The number of halogens is 1. The molecular formula is C23H22ClN7O3. The number of aryl methyl sites for hydroxylation is 1. The number of nitrogens with one attached hydrogen (secondary N) is 2. The van der Waals surface area contributed by atoms with Crippen molar-refractivity contribution in [3.8, 4) is 22.7 Å². The highest BCUT2D eigenvalue weighted by molar-refractivity contribution is 6.30. The summed E-state index contributed by atoms with van der Waals surface area (Å²) in [6, 6.07) is 9.16. The zero-order chi connectivity index (χ0) is 23.8. The zero-order valence-electron chi connectivity index (χ0n) is 18.6. The molecule has 1 aromatic carbocycles. The molecule has 0 spiro atoms. The Bertz CT molecular complexity index is 1590. The number of hydrogen-bond acceptors (Lipinski definition) is 6. The average molecular weight is 480 g/mol. The van der Waals surface area contributed by atoms with Crippen LogP contribution in [0, 0.1) is 0 Å². The van der Waals surface area contributed by atoms with Crippen molar-refractivity contribution in [2.24, 2.45) is 0 Å². The Morgan fingerprint density at radius 1 is 1.12 bits per heavy atom. The summed E-state index contributed by atoms with van der Waals surface area (Å²) < 4.78 is 8.25. The molecule has 11 heteroatoms. The summed E-state index contributed by atoms with van der Waals surface area (Å²) >= 11 is 5.96. The first kappa shape index (κ1) is 21.9. The van der Waals surface area contributed by atoms with Crippen LogP contribution < -0.4 is 11.2 Å². The first-order chi connectivity index (χ1) is 16.5. The summed E-state index contributed by atoms with van der Waals surface area (Å²) in [5.41, 5.74) is 2.89. The minimum Gasteiger partial charge on any atom is -0.356 e. The monoisotopic (exact) mass is 479 g/mol. The first-order valence-electron chi connectivity index (χ1n) is 11.0. The van der Waals surface area contributed by atoms with Crippen molar-refractivity contribution in [3.05, 3.63) is 73.8 Å². The van der Waals surface area contributed by atoms with Crippen LogP contribution in [0.2, 0.25) is 5.02 Å². The normalized spacial score (nSPS) is 11.5. The third-order valence-electron chi connectivity index (χ3n) is 5.64. The Hall–Kier alpha value is -3.92. The lowest BCUT2D eigenvalue weighted by Crippen LogP contribution is -2.39. The highest BCUT2D eigenvalue weighted by Crippen LogP contribution is 2.26. The molecule has 5 aromatic rings. The molecule has 0 amide bonds.